The van der Waals surface area contributed by atoms with Gasteiger partial charge in [0.25, 0.3) is 0 Å². The largest absolute Gasteiger partial charge is 0.384 e. The normalized spacial score (nSPS) is 10.4. The maximum atomic E-state index is 4.32. The van der Waals surface area contributed by atoms with Crippen LogP contribution in [0.4, 0.5) is 5.69 Å². The predicted octanol–water partition coefficient (Wildman–Crippen LogP) is 1.71. The van der Waals surface area contributed by atoms with Crippen molar-refractivity contribution in [3.8, 4) is 5.69 Å². The van der Waals surface area contributed by atoms with Gasteiger partial charge in [-0.25, -0.2) is 9.67 Å². The molecule has 2 aromatic heterocycles. The third-order valence-corrected chi connectivity index (χ3v) is 2.22. The van der Waals surface area contributed by atoms with E-state index in [9.17, 15) is 0 Å². The summed E-state index contributed by atoms with van der Waals surface area (Å²) < 4.78 is 1.79. The molecule has 0 fully saturated rings. The minimum atomic E-state index is 0.770. The first-order valence-corrected chi connectivity index (χ1v) is 5.30. The number of aryl methyl sites for hydroxylation is 2. The minimum Gasteiger partial charge on any atom is -0.384 e. The van der Waals surface area contributed by atoms with E-state index in [1.54, 1.807) is 17.1 Å². The summed E-state index contributed by atoms with van der Waals surface area (Å²) in [5.41, 5.74) is 1.92. The summed E-state index contributed by atoms with van der Waals surface area (Å²) >= 11 is 0. The summed E-state index contributed by atoms with van der Waals surface area (Å²) in [5.74, 6) is 1.64. The Balaban J connectivity index is 2.40. The number of pyridine rings is 1. The van der Waals surface area contributed by atoms with Gasteiger partial charge in [-0.3, -0.25) is 4.98 Å². The van der Waals surface area contributed by atoms with Gasteiger partial charge in [-0.05, 0) is 26.8 Å². The smallest absolute Gasteiger partial charge is 0.148 e. The SMILES string of the molecule is CCNc1cncc(-n2nc(C)nc2C)c1. The molecule has 0 aliphatic heterocycles. The van der Waals surface area contributed by atoms with Crippen molar-refractivity contribution in [2.75, 3.05) is 11.9 Å². The van der Waals surface area contributed by atoms with E-state index in [2.05, 4.69) is 27.3 Å². The molecule has 0 atom stereocenters. The molecule has 84 valence electrons. The van der Waals surface area contributed by atoms with Crippen molar-refractivity contribution in [1.29, 1.82) is 0 Å². The van der Waals surface area contributed by atoms with Crippen LogP contribution in [0.5, 0.6) is 0 Å². The molecule has 0 spiro atoms. The van der Waals surface area contributed by atoms with Crippen LogP contribution in [-0.4, -0.2) is 26.3 Å². The molecule has 2 aromatic rings. The minimum absolute atomic E-state index is 0.770. The molecule has 0 aromatic carbocycles. The van der Waals surface area contributed by atoms with Gasteiger partial charge >= 0.3 is 0 Å². The zero-order chi connectivity index (χ0) is 11.5. The molecule has 0 amide bonds. The maximum absolute atomic E-state index is 4.32. The average molecular weight is 217 g/mol. The molecule has 0 saturated heterocycles. The lowest BCUT2D eigenvalue weighted by molar-refractivity contribution is 0.826. The van der Waals surface area contributed by atoms with Crippen LogP contribution in [0.2, 0.25) is 0 Å². The Morgan fingerprint density at radius 1 is 1.31 bits per heavy atom. The Bertz CT molecular complexity index is 489. The molecule has 0 bridgehead atoms. The number of hydrogen-bond donors (Lipinski definition) is 1. The summed E-state index contributed by atoms with van der Waals surface area (Å²) in [5, 5.41) is 7.54. The van der Waals surface area contributed by atoms with E-state index in [-0.39, 0.29) is 0 Å². The number of nitrogens with zero attached hydrogens (tertiary/aromatic N) is 4. The molecule has 0 aliphatic carbocycles. The highest BCUT2D eigenvalue weighted by Crippen LogP contribution is 2.13. The molecule has 1 N–H and O–H groups in total. The second-order valence-corrected chi connectivity index (χ2v) is 3.58. The van der Waals surface area contributed by atoms with Crippen LogP contribution >= 0.6 is 0 Å². The van der Waals surface area contributed by atoms with Gasteiger partial charge in [-0.15, -0.1) is 0 Å². The summed E-state index contributed by atoms with van der Waals surface area (Å²) in [6, 6.07) is 2.01. The third-order valence-electron chi connectivity index (χ3n) is 2.22. The van der Waals surface area contributed by atoms with Gasteiger partial charge in [0.1, 0.15) is 11.6 Å². The lowest BCUT2D eigenvalue weighted by Gasteiger charge is -2.06. The van der Waals surface area contributed by atoms with Crippen LogP contribution in [0.25, 0.3) is 5.69 Å². The standard InChI is InChI=1S/C11H15N5/c1-4-13-10-5-11(7-12-6-10)16-9(3)14-8(2)15-16/h5-7,13H,4H2,1-3H3. The monoisotopic (exact) mass is 217 g/mol. The molecule has 16 heavy (non-hydrogen) atoms. The molecule has 0 radical (unpaired) electrons. The van der Waals surface area contributed by atoms with Gasteiger partial charge in [-0.1, -0.05) is 0 Å². The summed E-state index contributed by atoms with van der Waals surface area (Å²) in [6.45, 7) is 6.74. The van der Waals surface area contributed by atoms with Crippen LogP contribution in [0, 0.1) is 13.8 Å². The molecular weight excluding hydrogens is 202 g/mol. The lowest BCUT2D eigenvalue weighted by atomic mass is 10.3. The zero-order valence-corrected chi connectivity index (χ0v) is 9.73. The summed E-state index contributed by atoms with van der Waals surface area (Å²) in [6.07, 6.45) is 3.58. The highest BCUT2D eigenvalue weighted by molar-refractivity contribution is 5.48. The Hall–Kier alpha value is -1.91. The van der Waals surface area contributed by atoms with Crippen LogP contribution in [-0.2, 0) is 0 Å². The Morgan fingerprint density at radius 3 is 2.75 bits per heavy atom. The predicted molar refractivity (Wildman–Crippen MR) is 62.8 cm³/mol. The zero-order valence-electron chi connectivity index (χ0n) is 9.73. The van der Waals surface area contributed by atoms with E-state index in [0.29, 0.717) is 0 Å². The fraction of sp³-hybridized carbons (Fsp3) is 0.364. The van der Waals surface area contributed by atoms with Crippen LogP contribution in [0.1, 0.15) is 18.6 Å². The molecule has 0 saturated carbocycles. The second-order valence-electron chi connectivity index (χ2n) is 3.58. The van der Waals surface area contributed by atoms with Gasteiger partial charge in [-0.2, -0.15) is 5.10 Å². The van der Waals surface area contributed by atoms with Gasteiger partial charge < -0.3 is 5.32 Å². The Morgan fingerprint density at radius 2 is 2.12 bits per heavy atom. The Kier molecular flexibility index (Phi) is 2.85. The number of anilines is 1. The highest BCUT2D eigenvalue weighted by Gasteiger charge is 2.05. The van der Waals surface area contributed by atoms with Gasteiger partial charge in [0.15, 0.2) is 0 Å². The Labute approximate surface area is 94.5 Å². The fourth-order valence-corrected chi connectivity index (χ4v) is 1.61. The van der Waals surface area contributed by atoms with E-state index >= 15 is 0 Å². The average Bonchev–Trinajstić information content (AvgIpc) is 2.59. The first-order chi connectivity index (χ1) is 7.70. The second kappa shape index (κ2) is 4.30. The van der Waals surface area contributed by atoms with E-state index in [4.69, 9.17) is 0 Å². The van der Waals surface area contributed by atoms with Crippen molar-refractivity contribution in [2.24, 2.45) is 0 Å². The maximum Gasteiger partial charge on any atom is 0.148 e. The number of aromatic nitrogens is 4. The van der Waals surface area contributed by atoms with E-state index in [1.165, 1.54) is 0 Å². The topological polar surface area (TPSA) is 55.6 Å². The van der Waals surface area contributed by atoms with Gasteiger partial charge in [0.2, 0.25) is 0 Å². The van der Waals surface area contributed by atoms with E-state index in [0.717, 1.165) is 29.6 Å². The summed E-state index contributed by atoms with van der Waals surface area (Å²) in [4.78, 5) is 8.45. The number of hydrogen-bond acceptors (Lipinski definition) is 4. The highest BCUT2D eigenvalue weighted by atomic mass is 15.3. The molecule has 5 heteroatoms. The molecule has 2 rings (SSSR count). The van der Waals surface area contributed by atoms with Gasteiger partial charge in [0, 0.05) is 6.54 Å². The van der Waals surface area contributed by atoms with E-state index < -0.39 is 0 Å². The molecule has 0 unspecified atom stereocenters. The van der Waals surface area contributed by atoms with Crippen molar-refractivity contribution < 1.29 is 0 Å². The van der Waals surface area contributed by atoms with Crippen molar-refractivity contribution >= 4 is 5.69 Å². The van der Waals surface area contributed by atoms with E-state index in [1.807, 2.05) is 19.9 Å². The molecular formula is C11H15N5. The van der Waals surface area contributed by atoms with Crippen molar-refractivity contribution in [3.05, 3.63) is 30.1 Å². The first-order valence-electron chi connectivity index (χ1n) is 5.30. The molecule has 0 aliphatic rings. The lowest BCUT2D eigenvalue weighted by Crippen LogP contribution is -2.03. The number of rotatable bonds is 3. The van der Waals surface area contributed by atoms with Crippen molar-refractivity contribution in [1.82, 2.24) is 19.7 Å². The number of nitrogens with one attached hydrogen (secondary N) is 1. The van der Waals surface area contributed by atoms with Crippen molar-refractivity contribution in [2.45, 2.75) is 20.8 Å². The summed E-state index contributed by atoms with van der Waals surface area (Å²) in [7, 11) is 0. The first kappa shape index (κ1) is 10.6. The van der Waals surface area contributed by atoms with Gasteiger partial charge in [0.05, 0.1) is 23.8 Å². The quantitative estimate of drug-likeness (QED) is 0.850. The van der Waals surface area contributed by atoms with Crippen LogP contribution in [0.15, 0.2) is 18.5 Å². The van der Waals surface area contributed by atoms with Crippen molar-refractivity contribution in [3.63, 3.8) is 0 Å². The van der Waals surface area contributed by atoms with Crippen LogP contribution in [0.3, 0.4) is 0 Å². The molecule has 5 nitrogen and oxygen atoms in total. The fourth-order valence-electron chi connectivity index (χ4n) is 1.61. The van der Waals surface area contributed by atoms with Crippen LogP contribution < -0.4 is 5.32 Å². The third kappa shape index (κ3) is 2.03. The molecule has 2 heterocycles.